The number of nitrogen functional groups attached to an aromatic ring is 1. The highest BCUT2D eigenvalue weighted by molar-refractivity contribution is 6.33. The van der Waals surface area contributed by atoms with E-state index in [1.54, 1.807) is 0 Å². The minimum Gasteiger partial charge on any atom is -0.398 e. The molecule has 1 fully saturated rings. The van der Waals surface area contributed by atoms with Gasteiger partial charge in [0.2, 0.25) is 0 Å². The maximum absolute atomic E-state index is 6.14. The largest absolute Gasteiger partial charge is 0.398 e. The van der Waals surface area contributed by atoms with Gasteiger partial charge in [0.15, 0.2) is 0 Å². The van der Waals surface area contributed by atoms with E-state index >= 15 is 0 Å². The zero-order valence-electron chi connectivity index (χ0n) is 10.8. The van der Waals surface area contributed by atoms with Gasteiger partial charge in [0.05, 0.1) is 10.7 Å². The number of piperidine rings is 1. The molecule has 1 heterocycles. The first-order valence-corrected chi connectivity index (χ1v) is 6.70. The molecule has 0 radical (unpaired) electrons. The highest BCUT2D eigenvalue weighted by atomic mass is 35.5. The Balaban J connectivity index is 2.36. The number of nitrogens with zero attached hydrogens (tertiary/aromatic N) is 1. The fourth-order valence-electron chi connectivity index (χ4n) is 2.68. The minimum atomic E-state index is 0.571. The number of hydrogen-bond donors (Lipinski definition) is 1. The summed E-state index contributed by atoms with van der Waals surface area (Å²) in [5, 5.41) is 0.663. The SMILES string of the molecule is Cc1cc(N)c(Cl)cc1N1CCCC(C)C1C. The predicted octanol–water partition coefficient (Wildman–Crippen LogP) is 3.86. The Kier molecular flexibility index (Phi) is 3.53. The quantitative estimate of drug-likeness (QED) is 0.770. The molecule has 2 nitrogen and oxygen atoms in total. The molecule has 3 heteroatoms. The van der Waals surface area contributed by atoms with E-state index in [0.717, 1.165) is 12.5 Å². The molecule has 0 saturated carbocycles. The van der Waals surface area contributed by atoms with Gasteiger partial charge in [-0.25, -0.2) is 0 Å². The van der Waals surface area contributed by atoms with Crippen LogP contribution in [0.4, 0.5) is 11.4 Å². The summed E-state index contributed by atoms with van der Waals surface area (Å²) < 4.78 is 0. The van der Waals surface area contributed by atoms with Gasteiger partial charge >= 0.3 is 0 Å². The van der Waals surface area contributed by atoms with E-state index in [1.165, 1.54) is 24.1 Å². The Hall–Kier alpha value is -0.890. The molecule has 2 atom stereocenters. The van der Waals surface area contributed by atoms with E-state index in [9.17, 15) is 0 Å². The fourth-order valence-corrected chi connectivity index (χ4v) is 2.84. The number of aryl methyl sites for hydroxylation is 1. The molecule has 2 rings (SSSR count). The van der Waals surface area contributed by atoms with Crippen molar-refractivity contribution in [2.45, 2.75) is 39.7 Å². The van der Waals surface area contributed by atoms with E-state index in [2.05, 4.69) is 25.7 Å². The van der Waals surface area contributed by atoms with E-state index in [0.29, 0.717) is 16.8 Å². The molecule has 1 aliphatic rings. The van der Waals surface area contributed by atoms with E-state index in [-0.39, 0.29) is 0 Å². The van der Waals surface area contributed by atoms with Gasteiger partial charge in [-0.1, -0.05) is 18.5 Å². The van der Waals surface area contributed by atoms with Gasteiger partial charge in [-0.3, -0.25) is 0 Å². The van der Waals surface area contributed by atoms with Crippen LogP contribution >= 0.6 is 11.6 Å². The molecule has 94 valence electrons. The van der Waals surface area contributed by atoms with E-state index < -0.39 is 0 Å². The van der Waals surface area contributed by atoms with Crippen molar-refractivity contribution in [2.24, 2.45) is 5.92 Å². The molecule has 1 saturated heterocycles. The van der Waals surface area contributed by atoms with Crippen LogP contribution in [0.25, 0.3) is 0 Å². The Bertz CT molecular complexity index is 417. The number of nitrogens with two attached hydrogens (primary N) is 1. The number of halogens is 1. The summed E-state index contributed by atoms with van der Waals surface area (Å²) >= 11 is 6.14. The molecule has 17 heavy (non-hydrogen) atoms. The summed E-state index contributed by atoms with van der Waals surface area (Å²) in [5.74, 6) is 0.736. The van der Waals surface area contributed by atoms with Crippen LogP contribution in [0.5, 0.6) is 0 Å². The van der Waals surface area contributed by atoms with Crippen LogP contribution in [0.2, 0.25) is 5.02 Å². The standard InChI is InChI=1S/C14H21ClN2/c1-9-5-4-6-17(11(9)3)14-8-12(15)13(16)7-10(14)2/h7-9,11H,4-6,16H2,1-3H3. The van der Waals surface area contributed by atoms with Crippen LogP contribution in [0, 0.1) is 12.8 Å². The number of rotatable bonds is 1. The lowest BCUT2D eigenvalue weighted by atomic mass is 9.91. The van der Waals surface area contributed by atoms with Crippen molar-refractivity contribution in [1.29, 1.82) is 0 Å². The maximum Gasteiger partial charge on any atom is 0.0656 e. The number of hydrogen-bond acceptors (Lipinski definition) is 2. The first-order valence-electron chi connectivity index (χ1n) is 6.33. The third-order valence-electron chi connectivity index (χ3n) is 4.00. The molecule has 2 N–H and O–H groups in total. The van der Waals surface area contributed by atoms with Crippen molar-refractivity contribution >= 4 is 23.0 Å². The predicted molar refractivity (Wildman–Crippen MR) is 75.8 cm³/mol. The Morgan fingerprint density at radius 1 is 1.35 bits per heavy atom. The molecule has 0 aliphatic carbocycles. The highest BCUT2D eigenvalue weighted by Gasteiger charge is 2.26. The third kappa shape index (κ3) is 2.37. The Morgan fingerprint density at radius 3 is 2.76 bits per heavy atom. The molecule has 1 aromatic carbocycles. The fraction of sp³-hybridized carbons (Fsp3) is 0.571. The summed E-state index contributed by atoms with van der Waals surface area (Å²) in [7, 11) is 0. The maximum atomic E-state index is 6.14. The van der Waals surface area contributed by atoms with Crippen LogP contribution in [-0.2, 0) is 0 Å². The number of anilines is 2. The van der Waals surface area contributed by atoms with Crippen LogP contribution in [0.15, 0.2) is 12.1 Å². The van der Waals surface area contributed by atoms with Gasteiger partial charge in [0.25, 0.3) is 0 Å². The molecule has 0 spiro atoms. The second-order valence-electron chi connectivity index (χ2n) is 5.21. The van der Waals surface area contributed by atoms with Crippen molar-refractivity contribution in [3.63, 3.8) is 0 Å². The lowest BCUT2D eigenvalue weighted by Gasteiger charge is -2.40. The Labute approximate surface area is 109 Å². The molecule has 1 aliphatic heterocycles. The van der Waals surface area contributed by atoms with E-state index in [4.69, 9.17) is 17.3 Å². The highest BCUT2D eigenvalue weighted by Crippen LogP contribution is 2.34. The van der Waals surface area contributed by atoms with Gasteiger partial charge < -0.3 is 10.6 Å². The average molecular weight is 253 g/mol. The zero-order valence-corrected chi connectivity index (χ0v) is 11.6. The summed E-state index contributed by atoms with van der Waals surface area (Å²) in [4.78, 5) is 2.47. The van der Waals surface area contributed by atoms with Crippen molar-refractivity contribution in [1.82, 2.24) is 0 Å². The van der Waals surface area contributed by atoms with Crippen molar-refractivity contribution in [2.75, 3.05) is 17.2 Å². The van der Waals surface area contributed by atoms with Crippen LogP contribution < -0.4 is 10.6 Å². The topological polar surface area (TPSA) is 29.3 Å². The first-order chi connectivity index (χ1) is 8.00. The molecule has 0 amide bonds. The Morgan fingerprint density at radius 2 is 2.06 bits per heavy atom. The monoisotopic (exact) mass is 252 g/mol. The summed E-state index contributed by atoms with van der Waals surface area (Å²) in [5.41, 5.74) is 8.96. The second-order valence-corrected chi connectivity index (χ2v) is 5.62. The van der Waals surface area contributed by atoms with Crippen molar-refractivity contribution in [3.05, 3.63) is 22.7 Å². The molecule has 0 aromatic heterocycles. The van der Waals surface area contributed by atoms with Crippen LogP contribution in [0.3, 0.4) is 0 Å². The van der Waals surface area contributed by atoms with Gasteiger partial charge in [0, 0.05) is 18.3 Å². The zero-order chi connectivity index (χ0) is 12.6. The molecule has 1 aromatic rings. The third-order valence-corrected chi connectivity index (χ3v) is 4.33. The van der Waals surface area contributed by atoms with Crippen molar-refractivity contribution < 1.29 is 0 Å². The molecule has 2 unspecified atom stereocenters. The lowest BCUT2D eigenvalue weighted by molar-refractivity contribution is 0.363. The second kappa shape index (κ2) is 4.77. The van der Waals surface area contributed by atoms with Crippen molar-refractivity contribution in [3.8, 4) is 0 Å². The smallest absolute Gasteiger partial charge is 0.0656 e. The lowest BCUT2D eigenvalue weighted by Crippen LogP contribution is -2.42. The van der Waals surface area contributed by atoms with Gasteiger partial charge in [-0.2, -0.15) is 0 Å². The average Bonchev–Trinajstić information content (AvgIpc) is 2.28. The molecular formula is C14H21ClN2. The normalized spacial score (nSPS) is 25.1. The number of benzene rings is 1. The van der Waals surface area contributed by atoms with Crippen LogP contribution in [-0.4, -0.2) is 12.6 Å². The summed E-state index contributed by atoms with van der Waals surface area (Å²) in [6.45, 7) is 7.85. The van der Waals surface area contributed by atoms with Crippen LogP contribution in [0.1, 0.15) is 32.3 Å². The van der Waals surface area contributed by atoms with Gasteiger partial charge in [0.1, 0.15) is 0 Å². The van der Waals surface area contributed by atoms with Gasteiger partial charge in [-0.05, 0) is 50.3 Å². The van der Waals surface area contributed by atoms with E-state index in [1.807, 2.05) is 12.1 Å². The molecule has 0 bridgehead atoms. The molecular weight excluding hydrogens is 232 g/mol. The first kappa shape index (κ1) is 12.6. The minimum absolute atomic E-state index is 0.571. The summed E-state index contributed by atoms with van der Waals surface area (Å²) in [6, 6.07) is 4.56. The summed E-state index contributed by atoms with van der Waals surface area (Å²) in [6.07, 6.45) is 2.58. The van der Waals surface area contributed by atoms with Gasteiger partial charge in [-0.15, -0.1) is 0 Å².